The number of hydrogen-bond acceptors (Lipinski definition) is 7. The van der Waals surface area contributed by atoms with E-state index in [1.807, 2.05) is 13.8 Å². The number of halogens is 2. The van der Waals surface area contributed by atoms with Crippen LogP contribution in [0.4, 0.5) is 0 Å². The van der Waals surface area contributed by atoms with Crippen LogP contribution < -0.4 is 5.32 Å². The number of fused-ring (bicyclic) bond motifs is 2. The molecule has 33 heavy (non-hydrogen) atoms. The van der Waals surface area contributed by atoms with E-state index in [2.05, 4.69) is 5.32 Å². The summed E-state index contributed by atoms with van der Waals surface area (Å²) in [7, 11) is 0.557. The first kappa shape index (κ1) is 25.5. The summed E-state index contributed by atoms with van der Waals surface area (Å²) < 4.78 is 11.1. The molecule has 178 valence electrons. The number of hydrogen-bond donors (Lipinski definition) is 1. The van der Waals surface area contributed by atoms with Gasteiger partial charge >= 0.3 is 19.1 Å². The van der Waals surface area contributed by atoms with Crippen LogP contribution in [0.2, 0.25) is 15.9 Å². The molecule has 1 N–H and O–H groups in total. The molecule has 0 saturated carbocycles. The van der Waals surface area contributed by atoms with Gasteiger partial charge in [-0.05, 0) is 50.4 Å². The van der Waals surface area contributed by atoms with Crippen LogP contribution in [0.25, 0.3) is 0 Å². The lowest BCUT2D eigenvalue weighted by Gasteiger charge is -2.31. The fraction of sp³-hybridized carbons (Fsp3) is 0.545. The highest BCUT2D eigenvalue weighted by Gasteiger charge is 2.49. The van der Waals surface area contributed by atoms with Crippen molar-refractivity contribution in [3.8, 4) is 0 Å². The Kier molecular flexibility index (Phi) is 8.42. The van der Waals surface area contributed by atoms with Gasteiger partial charge in [-0.3, -0.25) is 24.1 Å². The molecule has 11 heteroatoms. The van der Waals surface area contributed by atoms with Crippen LogP contribution in [0.1, 0.15) is 49.9 Å². The molecule has 2 aliphatic heterocycles. The first-order valence-electron chi connectivity index (χ1n) is 10.9. The summed E-state index contributed by atoms with van der Waals surface area (Å²) in [5.41, 5.74) is 0.165. The van der Waals surface area contributed by atoms with Crippen LogP contribution in [-0.4, -0.2) is 61.3 Å². The van der Waals surface area contributed by atoms with E-state index in [1.165, 1.54) is 12.1 Å². The fourth-order valence-corrected chi connectivity index (χ4v) is 4.69. The van der Waals surface area contributed by atoms with Crippen LogP contribution in [0, 0.1) is 5.92 Å². The van der Waals surface area contributed by atoms with Gasteiger partial charge in [-0.25, -0.2) is 0 Å². The van der Waals surface area contributed by atoms with Crippen LogP contribution in [-0.2, 0) is 23.7 Å². The van der Waals surface area contributed by atoms with Crippen molar-refractivity contribution in [1.82, 2.24) is 10.2 Å². The van der Waals surface area contributed by atoms with Crippen LogP contribution in [0.5, 0.6) is 0 Å². The zero-order valence-electron chi connectivity index (χ0n) is 18.8. The fourth-order valence-electron chi connectivity index (χ4n) is 4.32. The Morgan fingerprint density at radius 1 is 1.15 bits per heavy atom. The van der Waals surface area contributed by atoms with Gasteiger partial charge in [-0.1, -0.05) is 37.0 Å². The van der Waals surface area contributed by atoms with Gasteiger partial charge in [0.15, 0.2) is 5.78 Å². The number of ketones is 1. The number of carbonyl (C=O) groups excluding carboxylic acids is 4. The van der Waals surface area contributed by atoms with E-state index in [0.29, 0.717) is 24.3 Å². The summed E-state index contributed by atoms with van der Waals surface area (Å²) >= 11 is 12.0. The molecule has 1 aromatic rings. The maximum absolute atomic E-state index is 12.7. The second kappa shape index (κ2) is 10.9. The van der Waals surface area contributed by atoms with Gasteiger partial charge in [-0.2, -0.15) is 0 Å². The lowest BCUT2D eigenvalue weighted by atomic mass is 9.65. The zero-order valence-corrected chi connectivity index (χ0v) is 20.3. The second-order valence-corrected chi connectivity index (χ2v) is 9.80. The number of Topliss-reactive ketones (excluding diaryl/α,β-unsaturated/α-hetero) is 1. The SMILES string of the molecule is CC(C)C[C@H](CC(=O)CNC(=O)c1cc(Cl)ccc1Cl)B1OC(=O)[C@H]2CC[C@@H](C(=O)O1)N2C. The maximum atomic E-state index is 12.7. The summed E-state index contributed by atoms with van der Waals surface area (Å²) in [6.45, 7) is 3.67. The topological polar surface area (TPSA) is 102 Å². The molecule has 3 rings (SSSR count). The Labute approximate surface area is 203 Å². The van der Waals surface area contributed by atoms with Crippen molar-refractivity contribution in [2.75, 3.05) is 13.6 Å². The van der Waals surface area contributed by atoms with Crippen molar-refractivity contribution >= 4 is 53.9 Å². The average Bonchev–Trinajstić information content (AvgIpc) is 3.15. The number of nitrogens with zero attached hydrogens (tertiary/aromatic N) is 1. The number of rotatable bonds is 8. The molecule has 2 bridgehead atoms. The third-order valence-electron chi connectivity index (χ3n) is 5.97. The predicted molar refractivity (Wildman–Crippen MR) is 124 cm³/mol. The van der Waals surface area contributed by atoms with E-state index in [-0.39, 0.29) is 35.3 Å². The summed E-state index contributed by atoms with van der Waals surface area (Å²) in [5, 5.41) is 3.11. The largest absolute Gasteiger partial charge is 0.602 e. The molecular weight excluding hydrogens is 470 g/mol. The smallest absolute Gasteiger partial charge is 0.498 e. The molecular formula is C22H27BCl2N2O6. The van der Waals surface area contributed by atoms with E-state index in [4.69, 9.17) is 32.5 Å². The maximum Gasteiger partial charge on any atom is 0.602 e. The number of benzene rings is 1. The van der Waals surface area contributed by atoms with E-state index in [9.17, 15) is 19.2 Å². The van der Waals surface area contributed by atoms with Crippen LogP contribution in [0.15, 0.2) is 18.2 Å². The van der Waals surface area contributed by atoms with Crippen molar-refractivity contribution in [3.63, 3.8) is 0 Å². The predicted octanol–water partition coefficient (Wildman–Crippen LogP) is 3.15. The van der Waals surface area contributed by atoms with Crippen molar-refractivity contribution in [2.24, 2.45) is 5.92 Å². The molecule has 1 amide bonds. The van der Waals surface area contributed by atoms with Gasteiger partial charge in [-0.15, -0.1) is 0 Å². The van der Waals surface area contributed by atoms with E-state index >= 15 is 0 Å². The van der Waals surface area contributed by atoms with Crippen LogP contribution in [0.3, 0.4) is 0 Å². The van der Waals surface area contributed by atoms with Gasteiger partial charge in [0.2, 0.25) is 0 Å². The third-order valence-corrected chi connectivity index (χ3v) is 6.54. The standard InChI is InChI=1S/C22H27BCl2N2O6/c1-12(2)8-13(23-32-21(30)18-6-7-19(27(18)3)22(31)33-23)9-15(28)11-26-20(29)16-10-14(24)4-5-17(16)25/h4-5,10,12-13,18-19H,6-9,11H2,1-3H3,(H,26,29)/t13-,18-,19+/m1/s1. The van der Waals surface area contributed by atoms with Gasteiger partial charge in [0.05, 0.1) is 17.1 Å². The summed E-state index contributed by atoms with van der Waals surface area (Å²) in [4.78, 5) is 52.1. The number of nitrogens with one attached hydrogen (secondary N) is 1. The molecule has 2 heterocycles. The minimum absolute atomic E-state index is 0.0296. The van der Waals surface area contributed by atoms with E-state index < -0.39 is 42.9 Å². The average molecular weight is 497 g/mol. The highest BCUT2D eigenvalue weighted by Crippen LogP contribution is 2.32. The Morgan fingerprint density at radius 2 is 1.76 bits per heavy atom. The molecule has 8 nitrogen and oxygen atoms in total. The first-order valence-corrected chi connectivity index (χ1v) is 11.7. The van der Waals surface area contributed by atoms with E-state index in [0.717, 1.165) is 0 Å². The molecule has 1 aromatic carbocycles. The Hall–Kier alpha value is -2.10. The highest BCUT2D eigenvalue weighted by atomic mass is 35.5. The van der Waals surface area contributed by atoms with Crippen LogP contribution >= 0.6 is 23.2 Å². The summed E-state index contributed by atoms with van der Waals surface area (Å²) in [5.74, 6) is -2.10. The Morgan fingerprint density at radius 3 is 2.33 bits per heavy atom. The third kappa shape index (κ3) is 6.28. The minimum Gasteiger partial charge on any atom is -0.498 e. The quantitative estimate of drug-likeness (QED) is 0.551. The van der Waals surface area contributed by atoms with Gasteiger partial charge in [0.25, 0.3) is 5.91 Å². The second-order valence-electron chi connectivity index (χ2n) is 8.96. The molecule has 0 spiro atoms. The number of amides is 1. The molecule has 0 aliphatic carbocycles. The Bertz CT molecular complexity index is 917. The highest BCUT2D eigenvalue weighted by molar-refractivity contribution is 6.51. The molecule has 0 radical (unpaired) electrons. The minimum atomic E-state index is -1.15. The lowest BCUT2D eigenvalue weighted by Crippen LogP contribution is -2.50. The molecule has 2 fully saturated rings. The number of likely N-dealkylation sites (N-methyl/N-ethyl adjacent to an activating group) is 1. The van der Waals surface area contributed by atoms with Gasteiger partial charge in [0, 0.05) is 17.3 Å². The lowest BCUT2D eigenvalue weighted by molar-refractivity contribution is -0.151. The Balaban J connectivity index is 1.66. The molecule has 2 aliphatic rings. The molecule has 0 unspecified atom stereocenters. The van der Waals surface area contributed by atoms with Crippen molar-refractivity contribution in [2.45, 2.75) is 57.4 Å². The molecule has 3 atom stereocenters. The monoisotopic (exact) mass is 496 g/mol. The van der Waals surface area contributed by atoms with Crippen molar-refractivity contribution < 1.29 is 28.5 Å². The van der Waals surface area contributed by atoms with Gasteiger partial charge < -0.3 is 14.6 Å². The van der Waals surface area contributed by atoms with Gasteiger partial charge in [0.1, 0.15) is 12.1 Å². The molecule has 0 aromatic heterocycles. The molecule has 2 saturated heterocycles. The zero-order chi connectivity index (χ0) is 24.3. The van der Waals surface area contributed by atoms with E-state index in [1.54, 1.807) is 18.0 Å². The van der Waals surface area contributed by atoms with Crippen molar-refractivity contribution in [1.29, 1.82) is 0 Å². The normalized spacial score (nSPS) is 21.8. The number of carbonyl (C=O) groups is 4. The summed E-state index contributed by atoms with van der Waals surface area (Å²) in [6, 6.07) is 3.49. The first-order chi connectivity index (χ1) is 15.6. The summed E-state index contributed by atoms with van der Waals surface area (Å²) in [6.07, 6.45) is 1.51. The van der Waals surface area contributed by atoms with Crippen molar-refractivity contribution in [3.05, 3.63) is 33.8 Å².